The van der Waals surface area contributed by atoms with Gasteiger partial charge in [-0.25, -0.2) is 0 Å². The smallest absolute Gasteiger partial charge is 0.318 e. The third kappa shape index (κ3) is 3.65. The van der Waals surface area contributed by atoms with Gasteiger partial charge in [-0.2, -0.15) is 17.0 Å². The predicted molar refractivity (Wildman–Crippen MR) is 63.8 cm³/mol. The fourth-order valence-electron chi connectivity index (χ4n) is 1.91. The molecule has 0 spiro atoms. The molecule has 100 valence electrons. The normalized spacial score (nSPS) is 18.8. The highest BCUT2D eigenvalue weighted by molar-refractivity contribution is 7.86. The first kappa shape index (κ1) is 14.4. The second-order valence-electron chi connectivity index (χ2n) is 4.50. The molecule has 0 unspecified atom stereocenters. The Morgan fingerprint density at radius 2 is 1.82 bits per heavy atom. The Balaban J connectivity index is 2.86. The maximum Gasteiger partial charge on any atom is 0.318 e. The first-order chi connectivity index (χ1) is 7.85. The van der Waals surface area contributed by atoms with Gasteiger partial charge >= 0.3 is 5.97 Å². The highest BCUT2D eigenvalue weighted by Crippen LogP contribution is 2.18. The van der Waals surface area contributed by atoms with Crippen molar-refractivity contribution in [2.24, 2.45) is 0 Å². The van der Waals surface area contributed by atoms with Gasteiger partial charge in [0.1, 0.15) is 6.54 Å². The minimum atomic E-state index is -3.63. The van der Waals surface area contributed by atoms with E-state index in [4.69, 9.17) is 5.11 Å². The van der Waals surface area contributed by atoms with Gasteiger partial charge in [-0.1, -0.05) is 6.42 Å². The molecule has 7 heteroatoms. The molecule has 0 aromatic heterocycles. The van der Waals surface area contributed by atoms with E-state index in [1.54, 1.807) is 13.8 Å². The molecule has 1 heterocycles. The van der Waals surface area contributed by atoms with Crippen LogP contribution >= 0.6 is 0 Å². The summed E-state index contributed by atoms with van der Waals surface area (Å²) in [5.41, 5.74) is 0. The third-order valence-corrected chi connectivity index (χ3v) is 4.97. The number of rotatable bonds is 5. The highest BCUT2D eigenvalue weighted by Gasteiger charge is 2.33. The lowest BCUT2D eigenvalue weighted by molar-refractivity contribution is -0.137. The Morgan fingerprint density at radius 3 is 2.24 bits per heavy atom. The number of hydrogen-bond donors (Lipinski definition) is 1. The molecule has 0 saturated carbocycles. The van der Waals surface area contributed by atoms with Crippen LogP contribution in [0.3, 0.4) is 0 Å². The van der Waals surface area contributed by atoms with E-state index in [0.717, 1.165) is 23.6 Å². The molecule has 17 heavy (non-hydrogen) atoms. The number of aliphatic carboxylic acids is 1. The Kier molecular flexibility index (Phi) is 4.91. The minimum Gasteiger partial charge on any atom is -0.480 e. The summed E-state index contributed by atoms with van der Waals surface area (Å²) in [5.74, 6) is -1.13. The molecule has 0 radical (unpaired) electrons. The molecule has 0 aliphatic carbocycles. The first-order valence-electron chi connectivity index (χ1n) is 5.84. The molecule has 1 N–H and O–H groups in total. The van der Waals surface area contributed by atoms with E-state index in [0.29, 0.717) is 13.1 Å². The lowest BCUT2D eigenvalue weighted by Crippen LogP contribution is -2.50. The summed E-state index contributed by atoms with van der Waals surface area (Å²) in [6.45, 7) is 3.88. The summed E-state index contributed by atoms with van der Waals surface area (Å²) in [5, 5.41) is 8.77. The number of carbonyl (C=O) groups is 1. The molecule has 0 aromatic rings. The number of carboxylic acids is 1. The van der Waals surface area contributed by atoms with Gasteiger partial charge in [-0.05, 0) is 26.7 Å². The van der Waals surface area contributed by atoms with Crippen molar-refractivity contribution in [3.8, 4) is 0 Å². The summed E-state index contributed by atoms with van der Waals surface area (Å²) in [6, 6.07) is -0.349. The number of nitrogens with zero attached hydrogens (tertiary/aromatic N) is 2. The van der Waals surface area contributed by atoms with E-state index < -0.39 is 22.7 Å². The largest absolute Gasteiger partial charge is 0.480 e. The van der Waals surface area contributed by atoms with E-state index in [9.17, 15) is 13.2 Å². The highest BCUT2D eigenvalue weighted by atomic mass is 32.2. The van der Waals surface area contributed by atoms with Gasteiger partial charge in [0.15, 0.2) is 0 Å². The SMILES string of the molecule is CC(C)N(CC(=O)O)S(=O)(=O)N1CCCCC1. The Morgan fingerprint density at radius 1 is 1.29 bits per heavy atom. The molecule has 0 aromatic carbocycles. The Bertz CT molecular complexity index is 361. The molecule has 0 atom stereocenters. The van der Waals surface area contributed by atoms with Crippen molar-refractivity contribution in [3.63, 3.8) is 0 Å². The lowest BCUT2D eigenvalue weighted by atomic mass is 10.2. The number of piperidine rings is 1. The van der Waals surface area contributed by atoms with Crippen molar-refractivity contribution >= 4 is 16.2 Å². The molecule has 1 fully saturated rings. The van der Waals surface area contributed by atoms with Crippen LogP contribution in [0.2, 0.25) is 0 Å². The average molecular weight is 264 g/mol. The standard InChI is InChI=1S/C10H20N2O4S/c1-9(2)12(8-10(13)14)17(15,16)11-6-4-3-5-7-11/h9H,3-8H2,1-2H3,(H,13,14). The Labute approximate surface area is 102 Å². The molecular formula is C10H20N2O4S. The molecule has 0 amide bonds. The van der Waals surface area contributed by atoms with Crippen LogP contribution in [0.1, 0.15) is 33.1 Å². The van der Waals surface area contributed by atoms with Gasteiger partial charge in [0.25, 0.3) is 10.2 Å². The minimum absolute atomic E-state index is 0.349. The van der Waals surface area contributed by atoms with E-state index in [1.807, 2.05) is 0 Å². The van der Waals surface area contributed by atoms with E-state index in [2.05, 4.69) is 0 Å². The molecular weight excluding hydrogens is 244 g/mol. The van der Waals surface area contributed by atoms with Crippen molar-refractivity contribution in [1.29, 1.82) is 0 Å². The van der Waals surface area contributed by atoms with Gasteiger partial charge in [0, 0.05) is 19.1 Å². The summed E-state index contributed by atoms with van der Waals surface area (Å²) in [7, 11) is -3.63. The molecule has 6 nitrogen and oxygen atoms in total. The monoisotopic (exact) mass is 264 g/mol. The van der Waals surface area contributed by atoms with Crippen LogP contribution < -0.4 is 0 Å². The van der Waals surface area contributed by atoms with E-state index in [1.165, 1.54) is 4.31 Å². The van der Waals surface area contributed by atoms with Crippen molar-refractivity contribution < 1.29 is 18.3 Å². The van der Waals surface area contributed by atoms with Crippen molar-refractivity contribution in [2.75, 3.05) is 19.6 Å². The van der Waals surface area contributed by atoms with Crippen LogP contribution in [0.4, 0.5) is 0 Å². The topological polar surface area (TPSA) is 77.9 Å². The summed E-state index contributed by atoms with van der Waals surface area (Å²) in [6.07, 6.45) is 2.73. The summed E-state index contributed by atoms with van der Waals surface area (Å²) < 4.78 is 26.9. The maximum absolute atomic E-state index is 12.3. The summed E-state index contributed by atoms with van der Waals surface area (Å²) >= 11 is 0. The van der Waals surface area contributed by atoms with Crippen LogP contribution in [0, 0.1) is 0 Å². The predicted octanol–water partition coefficient (Wildman–Crippen LogP) is 0.512. The molecule has 1 saturated heterocycles. The van der Waals surface area contributed by atoms with Crippen molar-refractivity contribution in [3.05, 3.63) is 0 Å². The van der Waals surface area contributed by atoms with Crippen LogP contribution in [0.15, 0.2) is 0 Å². The van der Waals surface area contributed by atoms with E-state index >= 15 is 0 Å². The number of hydrogen-bond acceptors (Lipinski definition) is 3. The fourth-order valence-corrected chi connectivity index (χ4v) is 3.73. The molecule has 1 rings (SSSR count). The Hall–Kier alpha value is -0.660. The molecule has 0 bridgehead atoms. The van der Waals surface area contributed by atoms with Crippen LogP contribution in [-0.4, -0.2) is 53.8 Å². The zero-order valence-electron chi connectivity index (χ0n) is 10.3. The summed E-state index contributed by atoms with van der Waals surface area (Å²) in [4.78, 5) is 10.7. The zero-order chi connectivity index (χ0) is 13.1. The molecule has 1 aliphatic rings. The lowest BCUT2D eigenvalue weighted by Gasteiger charge is -2.33. The second-order valence-corrected chi connectivity index (χ2v) is 6.38. The van der Waals surface area contributed by atoms with Gasteiger partial charge in [0.2, 0.25) is 0 Å². The quantitative estimate of drug-likeness (QED) is 0.785. The number of carboxylic acid groups (broad SMARTS) is 1. The van der Waals surface area contributed by atoms with Crippen LogP contribution in [0.5, 0.6) is 0 Å². The first-order valence-corrected chi connectivity index (χ1v) is 7.24. The van der Waals surface area contributed by atoms with Gasteiger partial charge in [0.05, 0.1) is 0 Å². The zero-order valence-corrected chi connectivity index (χ0v) is 11.1. The molecule has 1 aliphatic heterocycles. The van der Waals surface area contributed by atoms with Gasteiger partial charge in [-0.3, -0.25) is 4.79 Å². The fraction of sp³-hybridized carbons (Fsp3) is 0.900. The average Bonchev–Trinajstić information content (AvgIpc) is 2.26. The van der Waals surface area contributed by atoms with Crippen molar-refractivity contribution in [1.82, 2.24) is 8.61 Å². The maximum atomic E-state index is 12.3. The van der Waals surface area contributed by atoms with E-state index in [-0.39, 0.29) is 6.04 Å². The van der Waals surface area contributed by atoms with Gasteiger partial charge in [-0.15, -0.1) is 0 Å². The van der Waals surface area contributed by atoms with Crippen LogP contribution in [0.25, 0.3) is 0 Å². The van der Waals surface area contributed by atoms with Gasteiger partial charge < -0.3 is 5.11 Å². The third-order valence-electron chi connectivity index (χ3n) is 2.80. The van der Waals surface area contributed by atoms with Crippen LogP contribution in [-0.2, 0) is 15.0 Å². The van der Waals surface area contributed by atoms with Crippen molar-refractivity contribution in [2.45, 2.75) is 39.2 Å². The second kappa shape index (κ2) is 5.79.